The lowest BCUT2D eigenvalue weighted by molar-refractivity contribution is -0.231. The van der Waals surface area contributed by atoms with Gasteiger partial charge in [-0.25, -0.2) is 9.40 Å². The van der Waals surface area contributed by atoms with Crippen molar-refractivity contribution in [3.8, 4) is 0 Å². The van der Waals surface area contributed by atoms with Crippen LogP contribution < -0.4 is 0 Å². The van der Waals surface area contributed by atoms with Crippen molar-refractivity contribution >= 4 is 0 Å². The number of hydrogen-bond donors (Lipinski definition) is 3. The van der Waals surface area contributed by atoms with Crippen LogP contribution in [0.3, 0.4) is 0 Å². The van der Waals surface area contributed by atoms with Crippen LogP contribution in [0.15, 0.2) is 27.1 Å². The monoisotopic (exact) mass is 318 g/mol. The number of aliphatic hydroxyl groups excluding tert-OH is 3. The van der Waals surface area contributed by atoms with Crippen LogP contribution in [0.2, 0.25) is 0 Å². The molecule has 0 aliphatic carbocycles. The summed E-state index contributed by atoms with van der Waals surface area (Å²) in [6.07, 6.45) is -5.07. The lowest BCUT2D eigenvalue weighted by Crippen LogP contribution is -2.61. The zero-order valence-electron chi connectivity index (χ0n) is 12.2. The molecule has 1 unspecified atom stereocenters. The Labute approximate surface area is 126 Å². The van der Waals surface area contributed by atoms with Crippen LogP contribution in [0.1, 0.15) is 18.8 Å². The van der Waals surface area contributed by atoms with E-state index >= 15 is 0 Å². The minimum Gasteiger partial charge on any atom is -0.394 e. The Bertz CT molecular complexity index is 486. The van der Waals surface area contributed by atoms with Crippen molar-refractivity contribution in [3.63, 3.8) is 0 Å². The van der Waals surface area contributed by atoms with Crippen molar-refractivity contribution in [2.45, 2.75) is 43.7 Å². The molecule has 0 spiro atoms. The first-order valence-corrected chi connectivity index (χ1v) is 6.76. The molecule has 1 aliphatic heterocycles. The van der Waals surface area contributed by atoms with Crippen molar-refractivity contribution in [1.29, 1.82) is 0 Å². The number of nitrogens with zero attached hydrogens (tertiary/aromatic N) is 4. The van der Waals surface area contributed by atoms with E-state index in [1.807, 2.05) is 0 Å². The largest absolute Gasteiger partial charge is 0.394 e. The SMILES string of the molecule is C/N=N\N(C(C)F)[C@H]1[C@@H](O)[C@@H](CO)O[C@@H](c2ccno2)[C@@H]1O. The van der Waals surface area contributed by atoms with Crippen molar-refractivity contribution in [1.82, 2.24) is 10.2 Å². The average Bonchev–Trinajstić information content (AvgIpc) is 3.00. The van der Waals surface area contributed by atoms with E-state index in [4.69, 9.17) is 9.26 Å². The molecule has 124 valence electrons. The molecule has 1 aliphatic rings. The van der Waals surface area contributed by atoms with Gasteiger partial charge in [-0.15, -0.1) is 0 Å². The minimum atomic E-state index is -1.62. The summed E-state index contributed by atoms with van der Waals surface area (Å²) in [6, 6.07) is 0.298. The quantitative estimate of drug-likeness (QED) is 0.390. The van der Waals surface area contributed by atoms with Crippen LogP contribution in [-0.2, 0) is 4.74 Å². The van der Waals surface area contributed by atoms with E-state index in [0.717, 1.165) is 5.01 Å². The van der Waals surface area contributed by atoms with Crippen LogP contribution in [-0.4, -0.2) is 69.8 Å². The highest BCUT2D eigenvalue weighted by atomic mass is 19.1. The summed E-state index contributed by atoms with van der Waals surface area (Å²) in [5.41, 5.74) is 0. The van der Waals surface area contributed by atoms with Crippen molar-refractivity contribution in [2.24, 2.45) is 10.3 Å². The van der Waals surface area contributed by atoms with Gasteiger partial charge in [-0.3, -0.25) is 0 Å². The molecule has 0 radical (unpaired) electrons. The van der Waals surface area contributed by atoms with Gasteiger partial charge in [0, 0.05) is 6.07 Å². The van der Waals surface area contributed by atoms with E-state index in [0.29, 0.717) is 0 Å². The molecule has 1 aromatic rings. The number of hydrogen-bond acceptors (Lipinski definition) is 8. The van der Waals surface area contributed by atoms with E-state index in [1.54, 1.807) is 0 Å². The highest BCUT2D eigenvalue weighted by Gasteiger charge is 2.50. The zero-order valence-corrected chi connectivity index (χ0v) is 12.2. The Morgan fingerprint density at radius 2 is 2.18 bits per heavy atom. The highest BCUT2D eigenvalue weighted by Crippen LogP contribution is 2.35. The van der Waals surface area contributed by atoms with Gasteiger partial charge in [-0.2, -0.15) is 5.11 Å². The summed E-state index contributed by atoms with van der Waals surface area (Å²) in [6.45, 7) is 0.674. The number of rotatable bonds is 5. The zero-order chi connectivity index (χ0) is 16.3. The third-order valence-electron chi connectivity index (χ3n) is 3.49. The van der Waals surface area contributed by atoms with Crippen LogP contribution >= 0.6 is 0 Å². The van der Waals surface area contributed by atoms with E-state index in [2.05, 4.69) is 15.5 Å². The molecule has 3 N–H and O–H groups in total. The molecule has 1 saturated heterocycles. The smallest absolute Gasteiger partial charge is 0.186 e. The summed E-state index contributed by atoms with van der Waals surface area (Å²) in [4.78, 5) is 0. The number of ether oxygens (including phenoxy) is 1. The second-order valence-corrected chi connectivity index (χ2v) is 4.91. The number of halogens is 1. The van der Waals surface area contributed by atoms with Crippen molar-refractivity contribution in [2.75, 3.05) is 13.7 Å². The standard InChI is InChI=1S/C12H19FN4O5/c1-6(13)17(16-14-2)9-10(19)8(5-18)21-12(11(9)20)7-3-4-15-22-7/h3-4,6,8-12,18-20H,5H2,1-2H3/b16-14-/t6?,8-,9+,10+,11-,12+/m1/s1. The first kappa shape index (κ1) is 16.7. The second-order valence-electron chi connectivity index (χ2n) is 4.91. The number of aromatic nitrogens is 1. The van der Waals surface area contributed by atoms with Crippen molar-refractivity contribution < 1.29 is 29.0 Å². The average molecular weight is 318 g/mol. The molecule has 10 heteroatoms. The summed E-state index contributed by atoms with van der Waals surface area (Å²) >= 11 is 0. The molecule has 0 saturated carbocycles. The number of aliphatic hydroxyl groups is 3. The summed E-state index contributed by atoms with van der Waals surface area (Å²) in [5, 5.41) is 41.5. The maximum atomic E-state index is 13.8. The van der Waals surface area contributed by atoms with Gasteiger partial charge in [-0.05, 0) is 6.92 Å². The predicted molar refractivity (Wildman–Crippen MR) is 70.2 cm³/mol. The fourth-order valence-corrected chi connectivity index (χ4v) is 2.49. The second kappa shape index (κ2) is 7.09. The minimum absolute atomic E-state index is 0.197. The molecule has 22 heavy (non-hydrogen) atoms. The molecule has 0 amide bonds. The molecule has 1 fully saturated rings. The Morgan fingerprint density at radius 3 is 2.68 bits per heavy atom. The number of alkyl halides is 1. The van der Waals surface area contributed by atoms with Gasteiger partial charge in [-0.1, -0.05) is 10.4 Å². The normalized spacial score (nSPS) is 34.0. The predicted octanol–water partition coefficient (Wildman–Crippen LogP) is -0.188. The molecule has 2 rings (SSSR count). The van der Waals surface area contributed by atoms with Gasteiger partial charge in [0.05, 0.1) is 19.9 Å². The van der Waals surface area contributed by atoms with Gasteiger partial charge >= 0.3 is 0 Å². The topological polar surface area (TPSA) is 124 Å². The molecule has 6 atom stereocenters. The lowest BCUT2D eigenvalue weighted by atomic mass is 9.91. The Hall–Kier alpha value is -1.62. The first-order valence-electron chi connectivity index (χ1n) is 6.76. The Balaban J connectivity index is 2.35. The molecular weight excluding hydrogens is 299 g/mol. The molecule has 1 aromatic heterocycles. The van der Waals surface area contributed by atoms with E-state index < -0.39 is 43.4 Å². The van der Waals surface area contributed by atoms with Crippen molar-refractivity contribution in [3.05, 3.63) is 18.0 Å². The third-order valence-corrected chi connectivity index (χ3v) is 3.49. The Kier molecular flexibility index (Phi) is 5.40. The van der Waals surface area contributed by atoms with Gasteiger partial charge < -0.3 is 24.6 Å². The van der Waals surface area contributed by atoms with E-state index in [-0.39, 0.29) is 5.76 Å². The van der Waals surface area contributed by atoms with E-state index in [1.165, 1.54) is 26.2 Å². The van der Waals surface area contributed by atoms with Crippen LogP contribution in [0.25, 0.3) is 0 Å². The highest BCUT2D eigenvalue weighted by molar-refractivity contribution is 5.07. The summed E-state index contributed by atoms with van der Waals surface area (Å²) in [5.74, 6) is 0.197. The molecule has 2 heterocycles. The molecular formula is C12H19FN4O5. The fraction of sp³-hybridized carbons (Fsp3) is 0.750. The van der Waals surface area contributed by atoms with Crippen LogP contribution in [0.4, 0.5) is 4.39 Å². The maximum absolute atomic E-state index is 13.8. The third kappa shape index (κ3) is 3.09. The summed E-state index contributed by atoms with van der Waals surface area (Å²) in [7, 11) is 1.34. The van der Waals surface area contributed by atoms with E-state index in [9.17, 15) is 19.7 Å². The van der Waals surface area contributed by atoms with Crippen LogP contribution in [0, 0.1) is 0 Å². The lowest BCUT2D eigenvalue weighted by Gasteiger charge is -2.45. The fourth-order valence-electron chi connectivity index (χ4n) is 2.49. The summed E-state index contributed by atoms with van der Waals surface area (Å²) < 4.78 is 24.2. The first-order chi connectivity index (χ1) is 10.5. The van der Waals surface area contributed by atoms with Crippen LogP contribution in [0.5, 0.6) is 0 Å². The maximum Gasteiger partial charge on any atom is 0.186 e. The van der Waals surface area contributed by atoms with Gasteiger partial charge in [0.15, 0.2) is 12.1 Å². The van der Waals surface area contributed by atoms with Gasteiger partial charge in [0.2, 0.25) is 0 Å². The van der Waals surface area contributed by atoms with Gasteiger partial charge in [0.25, 0.3) is 0 Å². The molecule has 9 nitrogen and oxygen atoms in total. The molecule has 0 aromatic carbocycles. The molecule has 0 bridgehead atoms. The Morgan fingerprint density at radius 1 is 1.45 bits per heavy atom. The van der Waals surface area contributed by atoms with Gasteiger partial charge in [0.1, 0.15) is 30.5 Å².